The van der Waals surface area contributed by atoms with Gasteiger partial charge in [0.15, 0.2) is 0 Å². The number of pyridine rings is 2. The van der Waals surface area contributed by atoms with Crippen LogP contribution in [-0.4, -0.2) is 23.2 Å². The minimum atomic E-state index is -1.87. The molecule has 0 spiro atoms. The van der Waals surface area contributed by atoms with Gasteiger partial charge in [-0.3, -0.25) is 0 Å². The Morgan fingerprint density at radius 3 is 1.96 bits per heavy atom. The third-order valence-corrected chi connectivity index (χ3v) is 13.9. The maximum atomic E-state index is 6.23. The number of thiophene rings is 1. The summed E-state index contributed by atoms with van der Waals surface area (Å²) in [5.74, 6) is 7.20. The molecule has 3 nitrogen and oxygen atoms in total. The SMILES string of the molecule is CC(C)(C)c1ccc2c(c1)sc1c(-c3ccccn3)[c-]ccc12.[CH3][Ge]([CH3])([CH3])[c]1ccc2c(c1)oc1c(-c3ccccn3)[c-]ccc12.[Ir]. The van der Waals surface area contributed by atoms with Crippen LogP contribution in [0.15, 0.2) is 114 Å². The number of rotatable bonds is 3. The van der Waals surface area contributed by atoms with Crippen molar-refractivity contribution in [2.45, 2.75) is 43.5 Å². The number of furan rings is 1. The van der Waals surface area contributed by atoms with Gasteiger partial charge >= 0.3 is 138 Å². The summed E-state index contributed by atoms with van der Waals surface area (Å²) in [5, 5.41) is 4.92. The van der Waals surface area contributed by atoms with Crippen LogP contribution in [0.1, 0.15) is 26.3 Å². The van der Waals surface area contributed by atoms with E-state index in [-0.39, 0.29) is 25.5 Å². The summed E-state index contributed by atoms with van der Waals surface area (Å²) >= 11 is -0.0251. The van der Waals surface area contributed by atoms with E-state index in [1.165, 1.54) is 35.5 Å². The smallest absolute Gasteiger partial charge is 0 e. The van der Waals surface area contributed by atoms with Crippen LogP contribution in [-0.2, 0) is 25.5 Å². The first kappa shape index (κ1) is 33.3. The topological polar surface area (TPSA) is 38.9 Å². The van der Waals surface area contributed by atoms with E-state index in [0.717, 1.165) is 39.1 Å². The van der Waals surface area contributed by atoms with Gasteiger partial charge < -0.3 is 4.98 Å². The first-order chi connectivity index (χ1) is 22.1. The summed E-state index contributed by atoms with van der Waals surface area (Å²) in [7, 11) is 0. The molecule has 4 heterocycles. The zero-order valence-electron chi connectivity index (χ0n) is 27.4. The minimum Gasteiger partial charge on any atom is 0 e. The molecule has 0 saturated heterocycles. The van der Waals surface area contributed by atoms with E-state index in [0.29, 0.717) is 0 Å². The van der Waals surface area contributed by atoms with Crippen molar-refractivity contribution in [3.8, 4) is 22.5 Å². The van der Waals surface area contributed by atoms with Crippen molar-refractivity contribution in [2.24, 2.45) is 0 Å². The number of nitrogens with zero attached hydrogens (tertiary/aromatic N) is 2. The van der Waals surface area contributed by atoms with E-state index in [1.807, 2.05) is 60.0 Å². The third kappa shape index (κ3) is 6.60. The second-order valence-electron chi connectivity index (χ2n) is 13.7. The Bertz CT molecular complexity index is 2160. The molecule has 4 aromatic carbocycles. The van der Waals surface area contributed by atoms with Crippen LogP contribution in [0.25, 0.3) is 64.6 Å². The largest absolute Gasteiger partial charge is 0 e. The van der Waals surface area contributed by atoms with Crippen molar-refractivity contribution >= 4 is 71.1 Å². The van der Waals surface area contributed by atoms with Crippen molar-refractivity contribution < 1.29 is 24.5 Å². The Morgan fingerprint density at radius 2 is 1.32 bits per heavy atom. The molecule has 8 rings (SSSR count). The second-order valence-corrected chi connectivity index (χ2v) is 25.5. The summed E-state index contributed by atoms with van der Waals surface area (Å²) in [6.07, 6.45) is 3.64. The number of fused-ring (bicyclic) bond motifs is 6. The molecule has 0 unspecified atom stereocenters. The average molecular weight is 870 g/mol. The van der Waals surface area contributed by atoms with Gasteiger partial charge in [0, 0.05) is 31.0 Å². The van der Waals surface area contributed by atoms with Crippen molar-refractivity contribution in [1.82, 2.24) is 9.97 Å². The third-order valence-electron chi connectivity index (χ3n) is 8.44. The molecule has 1 radical (unpaired) electrons. The number of hydrogen-bond donors (Lipinski definition) is 0. The fraction of sp³-hybridized carbons (Fsp3) is 0.171. The Labute approximate surface area is 296 Å². The summed E-state index contributed by atoms with van der Waals surface area (Å²) in [4.78, 5) is 8.95. The molecule has 0 amide bonds. The molecule has 47 heavy (non-hydrogen) atoms. The molecular formula is C41H36GeIrN2OS-2. The van der Waals surface area contributed by atoms with Crippen LogP contribution in [0, 0.1) is 12.1 Å². The van der Waals surface area contributed by atoms with Gasteiger partial charge in [-0.1, -0.05) is 50.4 Å². The second kappa shape index (κ2) is 13.1. The van der Waals surface area contributed by atoms with Gasteiger partial charge in [0.1, 0.15) is 0 Å². The van der Waals surface area contributed by atoms with Gasteiger partial charge in [-0.15, -0.1) is 23.8 Å². The first-order valence-corrected chi connectivity index (χ1v) is 23.8. The van der Waals surface area contributed by atoms with Crippen LogP contribution in [0.2, 0.25) is 17.3 Å². The fourth-order valence-corrected chi connectivity index (χ4v) is 9.47. The van der Waals surface area contributed by atoms with Gasteiger partial charge in [0.05, 0.1) is 0 Å². The van der Waals surface area contributed by atoms with Crippen molar-refractivity contribution in [2.75, 3.05) is 0 Å². The average Bonchev–Trinajstić information content (AvgIpc) is 3.63. The van der Waals surface area contributed by atoms with Crippen LogP contribution in [0.4, 0.5) is 0 Å². The van der Waals surface area contributed by atoms with Crippen LogP contribution in [0.5, 0.6) is 0 Å². The van der Waals surface area contributed by atoms with E-state index >= 15 is 0 Å². The number of hydrogen-bond acceptors (Lipinski definition) is 4. The van der Waals surface area contributed by atoms with Crippen LogP contribution >= 0.6 is 11.3 Å². The van der Waals surface area contributed by atoms with Gasteiger partial charge in [0.2, 0.25) is 0 Å². The van der Waals surface area contributed by atoms with Crippen LogP contribution in [0.3, 0.4) is 0 Å². The monoisotopic (exact) mass is 871 g/mol. The summed E-state index contributed by atoms with van der Waals surface area (Å²) in [5.41, 5.74) is 7.29. The Morgan fingerprint density at radius 1 is 0.681 bits per heavy atom. The van der Waals surface area contributed by atoms with E-state index in [1.54, 1.807) is 6.20 Å². The van der Waals surface area contributed by atoms with E-state index < -0.39 is 13.3 Å². The zero-order valence-corrected chi connectivity index (χ0v) is 32.7. The molecule has 0 fully saturated rings. The quantitative estimate of drug-likeness (QED) is 0.131. The molecule has 4 aromatic heterocycles. The molecule has 8 aromatic rings. The molecular weight excluding hydrogens is 833 g/mol. The van der Waals surface area contributed by atoms with E-state index in [4.69, 9.17) is 4.42 Å². The number of benzene rings is 4. The summed E-state index contributed by atoms with van der Waals surface area (Å²) in [6, 6.07) is 40.4. The molecule has 0 aliphatic heterocycles. The molecule has 0 saturated carbocycles. The van der Waals surface area contributed by atoms with Gasteiger partial charge in [-0.05, 0) is 38.9 Å². The molecule has 6 heteroatoms. The molecule has 0 aliphatic rings. The fourth-order valence-electron chi connectivity index (χ4n) is 5.82. The van der Waals surface area contributed by atoms with Gasteiger partial charge in [0.25, 0.3) is 0 Å². The zero-order chi connectivity index (χ0) is 32.1. The van der Waals surface area contributed by atoms with Crippen molar-refractivity contribution in [3.05, 3.63) is 127 Å². The Hall–Kier alpha value is -3.61. The van der Waals surface area contributed by atoms with E-state index in [2.05, 4.69) is 115 Å². The minimum absolute atomic E-state index is 0. The Balaban J connectivity index is 0.000000161. The van der Waals surface area contributed by atoms with Crippen molar-refractivity contribution in [1.29, 1.82) is 0 Å². The Kier molecular flexibility index (Phi) is 9.30. The number of aromatic nitrogens is 2. The molecule has 237 valence electrons. The maximum absolute atomic E-state index is 6.23. The normalized spacial score (nSPS) is 11.9. The predicted molar refractivity (Wildman–Crippen MR) is 199 cm³/mol. The molecule has 0 atom stereocenters. The summed E-state index contributed by atoms with van der Waals surface area (Å²) < 4.78 is 10.3. The van der Waals surface area contributed by atoms with Crippen LogP contribution < -0.4 is 4.40 Å². The van der Waals surface area contributed by atoms with E-state index in [9.17, 15) is 0 Å². The van der Waals surface area contributed by atoms with Gasteiger partial charge in [-0.2, -0.15) is 11.3 Å². The standard InChI is InChI=1S/C21H18NS.C20H18GeNO.Ir/c2*1-21(2,3)14-10-11-15-16-7-6-8-17(18-9-4-5-12-22-18)20(16)23-19(15)13-14;/h2*4-7,9-13H,1-3H3;/q2*-1;. The van der Waals surface area contributed by atoms with Gasteiger partial charge in [-0.25, -0.2) is 0 Å². The first-order valence-electron chi connectivity index (χ1n) is 15.7. The molecule has 0 bridgehead atoms. The molecule has 0 N–H and O–H groups in total. The van der Waals surface area contributed by atoms with Crippen molar-refractivity contribution in [3.63, 3.8) is 0 Å². The molecule has 0 aliphatic carbocycles. The predicted octanol–water partition coefficient (Wildman–Crippen LogP) is 11.2. The maximum Gasteiger partial charge on any atom is 0 e. The summed E-state index contributed by atoms with van der Waals surface area (Å²) in [6.45, 7) is 6.78.